The zero-order valence-corrected chi connectivity index (χ0v) is 12.4. The Hall–Kier alpha value is 0.170. The fraction of sp³-hybridized carbons (Fsp3) is 1.00. The lowest BCUT2D eigenvalue weighted by Gasteiger charge is -2.51. The number of alkyl halides is 1. The molecule has 2 aliphatic heterocycles. The molecule has 10 heteroatoms. The SMILES string of the molecule is COC[C@@H]1[C@H](COC)[C@@H]2O[C@H]1[C@H](Cl)[C@H]2S(F)(F)(F)(F)F. The average molecular weight is 347 g/mol. The molecule has 2 heterocycles. The molecule has 2 aliphatic rings. The number of ether oxygens (including phenoxy) is 3. The third kappa shape index (κ3) is 2.75. The quantitative estimate of drug-likeness (QED) is 0.562. The molecule has 0 aromatic rings. The smallest absolute Gasteiger partial charge is 0.292 e. The van der Waals surface area contributed by atoms with Crippen molar-refractivity contribution in [1.29, 1.82) is 0 Å². The summed E-state index contributed by atoms with van der Waals surface area (Å²) in [6, 6.07) is 0. The van der Waals surface area contributed by atoms with Crippen LogP contribution in [0.2, 0.25) is 0 Å². The van der Waals surface area contributed by atoms with Gasteiger partial charge in [0.05, 0.1) is 30.8 Å². The van der Waals surface area contributed by atoms with Crippen molar-refractivity contribution in [3.8, 4) is 0 Å². The van der Waals surface area contributed by atoms with Crippen molar-refractivity contribution in [2.45, 2.75) is 22.8 Å². The van der Waals surface area contributed by atoms with Gasteiger partial charge >= 0.3 is 0 Å². The van der Waals surface area contributed by atoms with E-state index in [1.807, 2.05) is 0 Å². The van der Waals surface area contributed by atoms with Gasteiger partial charge in [-0.25, -0.2) is 0 Å². The highest BCUT2D eigenvalue weighted by molar-refractivity contribution is 8.46. The van der Waals surface area contributed by atoms with Gasteiger partial charge in [-0.15, -0.1) is 11.6 Å². The third-order valence-corrected chi connectivity index (χ3v) is 6.15. The van der Waals surface area contributed by atoms with Gasteiger partial charge in [-0.3, -0.25) is 0 Å². The van der Waals surface area contributed by atoms with E-state index in [0.717, 1.165) is 0 Å². The standard InChI is InChI=1S/C10H16ClF5O3S/c1-17-3-5-6(4-18-2)9-10(7(11)8(5)19-9)20(12,13,14,15)16/h5-10H,3-4H2,1-2H3/t5-,6+,7+,8-,9+,10-/m1/s1. The van der Waals surface area contributed by atoms with Gasteiger partial charge in [-0.1, -0.05) is 19.4 Å². The molecule has 0 aliphatic carbocycles. The van der Waals surface area contributed by atoms with Crippen LogP contribution in [0.5, 0.6) is 0 Å². The van der Waals surface area contributed by atoms with Gasteiger partial charge in [-0.2, -0.15) is 0 Å². The molecule has 2 rings (SSSR count). The average Bonchev–Trinajstić information content (AvgIpc) is 2.73. The van der Waals surface area contributed by atoms with E-state index in [9.17, 15) is 19.4 Å². The highest BCUT2D eigenvalue weighted by Gasteiger charge is 2.80. The van der Waals surface area contributed by atoms with Crippen LogP contribution in [0.4, 0.5) is 19.4 Å². The maximum Gasteiger partial charge on any atom is 0.292 e. The van der Waals surface area contributed by atoms with E-state index < -0.39 is 44.9 Å². The molecule has 6 atom stereocenters. The maximum absolute atomic E-state index is 13.1. The van der Waals surface area contributed by atoms with Crippen molar-refractivity contribution in [3.05, 3.63) is 0 Å². The third-order valence-electron chi connectivity index (χ3n) is 3.89. The number of hydrogen-bond acceptors (Lipinski definition) is 3. The van der Waals surface area contributed by atoms with E-state index in [2.05, 4.69) is 0 Å². The molecule has 20 heavy (non-hydrogen) atoms. The lowest BCUT2D eigenvalue weighted by molar-refractivity contribution is 0.0607. The van der Waals surface area contributed by atoms with E-state index in [1.54, 1.807) is 0 Å². The molecule has 0 saturated carbocycles. The predicted molar refractivity (Wildman–Crippen MR) is 66.0 cm³/mol. The molecular formula is C10H16ClF5O3S. The van der Waals surface area contributed by atoms with Crippen molar-refractivity contribution in [3.63, 3.8) is 0 Å². The van der Waals surface area contributed by atoms with Gasteiger partial charge in [0.15, 0.2) is 0 Å². The normalized spacial score (nSPS) is 44.4. The van der Waals surface area contributed by atoms with Crippen molar-refractivity contribution in [2.75, 3.05) is 27.4 Å². The minimum Gasteiger partial charge on any atom is -0.384 e. The monoisotopic (exact) mass is 346 g/mol. The topological polar surface area (TPSA) is 27.7 Å². The lowest BCUT2D eigenvalue weighted by Crippen LogP contribution is -2.51. The van der Waals surface area contributed by atoms with Gasteiger partial charge in [0.2, 0.25) is 0 Å². The molecule has 0 N–H and O–H groups in total. The first-order valence-corrected chi connectivity index (χ1v) is 8.36. The highest BCUT2D eigenvalue weighted by atomic mass is 35.5. The summed E-state index contributed by atoms with van der Waals surface area (Å²) in [6.07, 6.45) is -2.78. The summed E-state index contributed by atoms with van der Waals surface area (Å²) in [5.74, 6) is -1.29. The highest BCUT2D eigenvalue weighted by Crippen LogP contribution is 3.02. The van der Waals surface area contributed by atoms with Crippen LogP contribution < -0.4 is 0 Å². The molecular weight excluding hydrogens is 331 g/mol. The number of rotatable bonds is 5. The number of methoxy groups -OCH3 is 2. The summed E-state index contributed by atoms with van der Waals surface area (Å²) in [5, 5.41) is -4.74. The van der Waals surface area contributed by atoms with Gasteiger partial charge in [0, 0.05) is 26.1 Å². The summed E-state index contributed by atoms with van der Waals surface area (Å²) in [4.78, 5) is 0. The van der Waals surface area contributed by atoms with Crippen LogP contribution in [0, 0.1) is 11.8 Å². The first kappa shape index (κ1) is 16.5. The predicted octanol–water partition coefficient (Wildman–Crippen LogP) is 3.57. The number of halogens is 6. The first-order chi connectivity index (χ1) is 8.90. The fourth-order valence-electron chi connectivity index (χ4n) is 3.19. The molecule has 0 radical (unpaired) electrons. The summed E-state index contributed by atoms with van der Waals surface area (Å²) < 4.78 is 80.5. The Labute approximate surface area is 118 Å². The minimum atomic E-state index is -9.73. The lowest BCUT2D eigenvalue weighted by atomic mass is 9.79. The minimum absolute atomic E-state index is 0.0887. The van der Waals surface area contributed by atoms with Crippen LogP contribution in [0.3, 0.4) is 0 Å². The van der Waals surface area contributed by atoms with Gasteiger partial charge < -0.3 is 14.2 Å². The Morgan fingerprint density at radius 3 is 1.80 bits per heavy atom. The molecule has 2 saturated heterocycles. The molecule has 0 amide bonds. The van der Waals surface area contributed by atoms with E-state index in [1.165, 1.54) is 14.2 Å². The Morgan fingerprint density at radius 2 is 1.40 bits per heavy atom. The van der Waals surface area contributed by atoms with Gasteiger partial charge in [0.1, 0.15) is 5.25 Å². The molecule has 122 valence electrons. The van der Waals surface area contributed by atoms with Crippen LogP contribution in [0.1, 0.15) is 0 Å². The van der Waals surface area contributed by atoms with Gasteiger partial charge in [0.25, 0.3) is 10.2 Å². The summed E-state index contributed by atoms with van der Waals surface area (Å²) in [6.45, 7) is -0.0193. The van der Waals surface area contributed by atoms with E-state index >= 15 is 0 Å². The zero-order chi connectivity index (χ0) is 15.4. The first-order valence-electron chi connectivity index (χ1n) is 5.91. The maximum atomic E-state index is 13.1. The summed E-state index contributed by atoms with van der Waals surface area (Å²) in [7, 11) is -7.06. The second kappa shape index (κ2) is 4.34. The van der Waals surface area contributed by atoms with Crippen LogP contribution in [0.15, 0.2) is 0 Å². The Balaban J connectivity index is 2.34. The van der Waals surface area contributed by atoms with E-state index in [-0.39, 0.29) is 13.2 Å². The Morgan fingerprint density at radius 1 is 0.950 bits per heavy atom. The zero-order valence-electron chi connectivity index (χ0n) is 10.8. The fourth-order valence-corrected chi connectivity index (χ4v) is 5.58. The Bertz CT molecular complexity index is 391. The van der Waals surface area contributed by atoms with Crippen molar-refractivity contribution in [1.82, 2.24) is 0 Å². The van der Waals surface area contributed by atoms with Crippen LogP contribution in [0.25, 0.3) is 0 Å². The van der Waals surface area contributed by atoms with Crippen molar-refractivity contribution < 1.29 is 33.6 Å². The second-order valence-electron chi connectivity index (χ2n) is 5.24. The molecule has 3 nitrogen and oxygen atoms in total. The molecule has 0 unspecified atom stereocenters. The van der Waals surface area contributed by atoms with Crippen molar-refractivity contribution >= 4 is 21.8 Å². The largest absolute Gasteiger partial charge is 0.384 e. The van der Waals surface area contributed by atoms with Gasteiger partial charge in [-0.05, 0) is 0 Å². The summed E-state index contributed by atoms with van der Waals surface area (Å²) in [5.41, 5.74) is 0. The second-order valence-corrected chi connectivity index (χ2v) is 8.35. The molecule has 0 aromatic heterocycles. The van der Waals surface area contributed by atoms with E-state index in [0.29, 0.717) is 0 Å². The molecule has 2 fully saturated rings. The molecule has 2 bridgehead atoms. The summed E-state index contributed by atoms with van der Waals surface area (Å²) >= 11 is 5.64. The number of fused-ring (bicyclic) bond motifs is 2. The molecule has 0 aromatic carbocycles. The Kier molecular flexibility index (Phi) is 3.59. The van der Waals surface area contributed by atoms with Crippen molar-refractivity contribution in [2.24, 2.45) is 11.8 Å². The number of hydrogen-bond donors (Lipinski definition) is 0. The van der Waals surface area contributed by atoms with Crippen LogP contribution >= 0.6 is 21.8 Å². The van der Waals surface area contributed by atoms with E-state index in [4.69, 9.17) is 25.8 Å². The molecule has 0 spiro atoms. The van der Waals surface area contributed by atoms with Crippen LogP contribution in [-0.4, -0.2) is 50.3 Å². The van der Waals surface area contributed by atoms with Crippen LogP contribution in [-0.2, 0) is 14.2 Å².